The van der Waals surface area contributed by atoms with Crippen molar-refractivity contribution in [3.8, 4) is 0 Å². The number of morpholine rings is 1. The molecule has 7 heteroatoms. The van der Waals surface area contributed by atoms with Crippen LogP contribution in [0.5, 0.6) is 0 Å². The minimum Gasteiger partial charge on any atom is -0.379 e. The van der Waals surface area contributed by atoms with Crippen LogP contribution in [0.1, 0.15) is 18.1 Å². The van der Waals surface area contributed by atoms with E-state index in [9.17, 15) is 9.59 Å². The first-order chi connectivity index (χ1) is 12.6. The van der Waals surface area contributed by atoms with Crippen molar-refractivity contribution in [1.29, 1.82) is 0 Å². The monoisotopic (exact) mass is 358 g/mol. The third kappa shape index (κ3) is 4.42. The molecule has 0 bridgehead atoms. The average molecular weight is 358 g/mol. The lowest BCUT2D eigenvalue weighted by Gasteiger charge is -2.27. The summed E-state index contributed by atoms with van der Waals surface area (Å²) in [7, 11) is 0. The summed E-state index contributed by atoms with van der Waals surface area (Å²) in [5.74, 6) is 0.512. The molecule has 0 saturated carbocycles. The Bertz CT molecular complexity index is 866. The number of nitrogens with one attached hydrogen (secondary N) is 2. The van der Waals surface area contributed by atoms with Gasteiger partial charge in [0.1, 0.15) is 5.82 Å². The second-order valence-electron chi connectivity index (χ2n) is 6.55. The molecular formula is C19H26N4O3. The summed E-state index contributed by atoms with van der Waals surface area (Å²) in [5, 5.41) is 3.24. The zero-order valence-electron chi connectivity index (χ0n) is 15.4. The van der Waals surface area contributed by atoms with Gasteiger partial charge in [-0.05, 0) is 36.6 Å². The predicted octanol–water partition coefficient (Wildman–Crippen LogP) is 1.48. The molecule has 1 aromatic carbocycles. The summed E-state index contributed by atoms with van der Waals surface area (Å²) in [6, 6.07) is 7.51. The summed E-state index contributed by atoms with van der Waals surface area (Å²) < 4.78 is 6.94. The molecule has 0 atom stereocenters. The van der Waals surface area contributed by atoms with Gasteiger partial charge in [0.25, 0.3) is 5.56 Å². The Morgan fingerprint density at radius 1 is 1.15 bits per heavy atom. The fourth-order valence-corrected chi connectivity index (χ4v) is 3.19. The first kappa shape index (κ1) is 18.4. The van der Waals surface area contributed by atoms with Crippen molar-refractivity contribution in [3.05, 3.63) is 56.2 Å². The quantitative estimate of drug-likeness (QED) is 0.818. The van der Waals surface area contributed by atoms with Gasteiger partial charge in [-0.1, -0.05) is 13.0 Å². The summed E-state index contributed by atoms with van der Waals surface area (Å²) in [6.45, 7) is 8.58. The van der Waals surface area contributed by atoms with Gasteiger partial charge in [0.2, 0.25) is 0 Å². The smallest absolute Gasteiger partial charge is 0.329 e. The number of nitrogens with zero attached hydrogens (tertiary/aromatic N) is 2. The van der Waals surface area contributed by atoms with Gasteiger partial charge in [-0.3, -0.25) is 19.2 Å². The van der Waals surface area contributed by atoms with E-state index in [2.05, 4.69) is 35.1 Å². The molecule has 26 heavy (non-hydrogen) atoms. The van der Waals surface area contributed by atoms with Crippen LogP contribution < -0.4 is 16.6 Å². The molecule has 1 saturated heterocycles. The van der Waals surface area contributed by atoms with Gasteiger partial charge < -0.3 is 10.1 Å². The Morgan fingerprint density at radius 3 is 2.65 bits per heavy atom. The highest BCUT2D eigenvalue weighted by atomic mass is 16.5. The highest BCUT2D eigenvalue weighted by Crippen LogP contribution is 2.19. The SMILES string of the molecule is CCc1cc(Nc2cc(=O)[nH]c(=O)n2CCN2CCOCC2)ccc1C. The lowest BCUT2D eigenvalue weighted by atomic mass is 10.1. The Morgan fingerprint density at radius 2 is 1.92 bits per heavy atom. The number of hydrogen-bond donors (Lipinski definition) is 2. The summed E-state index contributed by atoms with van der Waals surface area (Å²) in [5.41, 5.74) is 2.55. The van der Waals surface area contributed by atoms with Crippen LogP contribution in [0.25, 0.3) is 0 Å². The largest absolute Gasteiger partial charge is 0.379 e. The zero-order chi connectivity index (χ0) is 18.5. The van der Waals surface area contributed by atoms with Gasteiger partial charge in [0.05, 0.1) is 13.2 Å². The van der Waals surface area contributed by atoms with Crippen LogP contribution in [0.3, 0.4) is 0 Å². The molecule has 0 amide bonds. The van der Waals surface area contributed by atoms with E-state index in [1.54, 1.807) is 4.57 Å². The van der Waals surface area contributed by atoms with E-state index in [1.165, 1.54) is 17.2 Å². The zero-order valence-corrected chi connectivity index (χ0v) is 15.4. The van der Waals surface area contributed by atoms with Gasteiger partial charge in [-0.15, -0.1) is 0 Å². The molecule has 1 fully saturated rings. The van der Waals surface area contributed by atoms with E-state index in [1.807, 2.05) is 12.1 Å². The van der Waals surface area contributed by atoms with Crippen molar-refractivity contribution in [1.82, 2.24) is 14.5 Å². The number of hydrogen-bond acceptors (Lipinski definition) is 5. The summed E-state index contributed by atoms with van der Waals surface area (Å²) in [6.07, 6.45) is 0.931. The lowest BCUT2D eigenvalue weighted by Crippen LogP contribution is -2.40. The van der Waals surface area contributed by atoms with Crippen molar-refractivity contribution < 1.29 is 4.74 Å². The molecule has 2 aromatic rings. The van der Waals surface area contributed by atoms with Crippen LogP contribution in [0.4, 0.5) is 11.5 Å². The van der Waals surface area contributed by atoms with Crippen molar-refractivity contribution >= 4 is 11.5 Å². The molecule has 2 heterocycles. The molecule has 0 radical (unpaired) electrons. The Hall–Kier alpha value is -2.38. The average Bonchev–Trinajstić information content (AvgIpc) is 2.63. The minimum absolute atomic E-state index is 0.393. The maximum atomic E-state index is 12.3. The standard InChI is InChI=1S/C19H26N4O3/c1-3-15-12-16(5-4-14(15)2)20-17-13-18(24)21-19(25)23(17)7-6-22-8-10-26-11-9-22/h4-5,12-13,20H,3,6-11H2,1-2H3,(H,21,24,25). The normalized spacial score (nSPS) is 15.2. The molecule has 140 valence electrons. The van der Waals surface area contributed by atoms with Crippen molar-refractivity contribution in [2.75, 3.05) is 38.2 Å². The first-order valence-electron chi connectivity index (χ1n) is 9.07. The van der Waals surface area contributed by atoms with Crippen LogP contribution >= 0.6 is 0 Å². The molecular weight excluding hydrogens is 332 g/mol. The Balaban J connectivity index is 1.83. The lowest BCUT2D eigenvalue weighted by molar-refractivity contribution is 0.0363. The molecule has 0 unspecified atom stereocenters. The fraction of sp³-hybridized carbons (Fsp3) is 0.474. The molecule has 3 rings (SSSR count). The molecule has 1 aliphatic heterocycles. The number of ether oxygens (including phenoxy) is 1. The van der Waals surface area contributed by atoms with Crippen LogP contribution in [0.2, 0.25) is 0 Å². The summed E-state index contributed by atoms with van der Waals surface area (Å²) in [4.78, 5) is 28.7. The summed E-state index contributed by atoms with van der Waals surface area (Å²) >= 11 is 0. The van der Waals surface area contributed by atoms with Crippen molar-refractivity contribution in [3.63, 3.8) is 0 Å². The van der Waals surface area contributed by atoms with Crippen LogP contribution in [0.15, 0.2) is 33.9 Å². The first-order valence-corrected chi connectivity index (χ1v) is 9.07. The number of aryl methyl sites for hydroxylation is 2. The van der Waals surface area contributed by atoms with E-state index in [0.29, 0.717) is 12.4 Å². The van der Waals surface area contributed by atoms with Crippen LogP contribution in [-0.4, -0.2) is 47.3 Å². The maximum Gasteiger partial charge on any atom is 0.329 e. The van der Waals surface area contributed by atoms with Crippen molar-refractivity contribution in [2.24, 2.45) is 0 Å². The topological polar surface area (TPSA) is 79.4 Å². The second-order valence-corrected chi connectivity index (χ2v) is 6.55. The number of H-pyrrole nitrogens is 1. The highest BCUT2D eigenvalue weighted by Gasteiger charge is 2.13. The number of anilines is 2. The number of aromatic nitrogens is 2. The van der Waals surface area contributed by atoms with E-state index < -0.39 is 11.2 Å². The molecule has 0 spiro atoms. The van der Waals surface area contributed by atoms with Crippen LogP contribution in [-0.2, 0) is 17.7 Å². The van der Waals surface area contributed by atoms with Gasteiger partial charge in [0.15, 0.2) is 0 Å². The Labute approximate surface area is 152 Å². The van der Waals surface area contributed by atoms with E-state index >= 15 is 0 Å². The number of aromatic amines is 1. The number of benzene rings is 1. The highest BCUT2D eigenvalue weighted by molar-refractivity contribution is 5.58. The molecule has 1 aromatic heterocycles. The number of rotatable bonds is 6. The molecule has 7 nitrogen and oxygen atoms in total. The van der Waals surface area contributed by atoms with Gasteiger partial charge in [-0.2, -0.15) is 0 Å². The molecule has 0 aliphatic carbocycles. The predicted molar refractivity (Wildman–Crippen MR) is 102 cm³/mol. The van der Waals surface area contributed by atoms with Gasteiger partial charge >= 0.3 is 5.69 Å². The van der Waals surface area contributed by atoms with E-state index in [-0.39, 0.29) is 0 Å². The third-order valence-corrected chi connectivity index (χ3v) is 4.78. The van der Waals surface area contributed by atoms with Gasteiger partial charge in [-0.25, -0.2) is 4.79 Å². The fourth-order valence-electron chi connectivity index (χ4n) is 3.19. The van der Waals surface area contributed by atoms with E-state index in [0.717, 1.165) is 45.0 Å². The minimum atomic E-state index is -0.400. The molecule has 1 aliphatic rings. The van der Waals surface area contributed by atoms with Gasteiger partial charge in [0, 0.05) is 37.9 Å². The third-order valence-electron chi connectivity index (χ3n) is 4.78. The second kappa shape index (κ2) is 8.33. The van der Waals surface area contributed by atoms with Crippen molar-refractivity contribution in [2.45, 2.75) is 26.8 Å². The van der Waals surface area contributed by atoms with Crippen LogP contribution in [0, 0.1) is 6.92 Å². The van der Waals surface area contributed by atoms with E-state index in [4.69, 9.17) is 4.74 Å². The molecule has 2 N–H and O–H groups in total. The maximum absolute atomic E-state index is 12.3. The Kier molecular flexibility index (Phi) is 5.90.